The Balaban J connectivity index is 1.31. The second kappa shape index (κ2) is 12.2. The van der Waals surface area contributed by atoms with E-state index in [1.54, 1.807) is 0 Å². The average Bonchev–Trinajstić information content (AvgIpc) is 3.24. The van der Waals surface area contributed by atoms with Gasteiger partial charge in [0.05, 0.1) is 22.1 Å². The molecule has 11 aromatic rings. The fraction of sp³-hybridized carbons (Fsp3) is 0. The molecule has 0 aliphatic carbocycles. The molecular formula is C52H32N2. The SMILES string of the molecule is c1ccc(-c2c3ccc(-c4c5ccccc5nc5ccccc45)cc3c(-c3ccccc3)c3cc(-c4c5ccccc5nc5ccccc45)ccc23)cc1. The lowest BCUT2D eigenvalue weighted by Gasteiger charge is -2.20. The molecule has 2 heterocycles. The van der Waals surface area contributed by atoms with Crippen molar-refractivity contribution in [3.8, 4) is 44.5 Å². The minimum absolute atomic E-state index is 1.000. The van der Waals surface area contributed by atoms with Crippen LogP contribution < -0.4 is 0 Å². The molecule has 0 atom stereocenters. The van der Waals surface area contributed by atoms with Crippen molar-refractivity contribution in [2.75, 3.05) is 0 Å². The summed E-state index contributed by atoms with van der Waals surface area (Å²) >= 11 is 0. The van der Waals surface area contributed by atoms with Gasteiger partial charge in [0, 0.05) is 32.7 Å². The summed E-state index contributed by atoms with van der Waals surface area (Å²) in [6, 6.07) is 70.1. The summed E-state index contributed by atoms with van der Waals surface area (Å²) in [5.41, 5.74) is 13.6. The summed E-state index contributed by atoms with van der Waals surface area (Å²) in [4.78, 5) is 10.1. The summed E-state index contributed by atoms with van der Waals surface area (Å²) in [6.45, 7) is 0. The third-order valence-corrected chi connectivity index (χ3v) is 11.0. The van der Waals surface area contributed by atoms with Crippen LogP contribution in [0.1, 0.15) is 0 Å². The van der Waals surface area contributed by atoms with Crippen molar-refractivity contribution in [2.45, 2.75) is 0 Å². The molecule has 2 aromatic heterocycles. The maximum atomic E-state index is 5.06. The normalized spacial score (nSPS) is 11.7. The van der Waals surface area contributed by atoms with Gasteiger partial charge in [-0.05, 0) is 91.3 Å². The third kappa shape index (κ3) is 4.74. The van der Waals surface area contributed by atoms with E-state index in [-0.39, 0.29) is 0 Å². The van der Waals surface area contributed by atoms with Crippen LogP contribution in [-0.2, 0) is 0 Å². The second-order valence-corrected chi connectivity index (χ2v) is 14.0. The minimum Gasteiger partial charge on any atom is -0.248 e. The van der Waals surface area contributed by atoms with Crippen LogP contribution in [0, 0.1) is 0 Å². The molecule has 0 fully saturated rings. The van der Waals surface area contributed by atoms with E-state index in [0.717, 1.165) is 43.6 Å². The summed E-state index contributed by atoms with van der Waals surface area (Å²) in [7, 11) is 0. The monoisotopic (exact) mass is 684 g/mol. The Labute approximate surface area is 312 Å². The quantitative estimate of drug-likeness (QED) is 0.172. The van der Waals surface area contributed by atoms with E-state index >= 15 is 0 Å². The van der Waals surface area contributed by atoms with Crippen molar-refractivity contribution in [3.05, 3.63) is 194 Å². The van der Waals surface area contributed by atoms with Gasteiger partial charge in [-0.15, -0.1) is 0 Å². The van der Waals surface area contributed by atoms with Crippen LogP contribution in [0.25, 0.3) is 110 Å². The molecule has 2 heteroatoms. The zero-order valence-electron chi connectivity index (χ0n) is 29.4. The van der Waals surface area contributed by atoms with E-state index in [4.69, 9.17) is 9.97 Å². The van der Waals surface area contributed by atoms with E-state index in [9.17, 15) is 0 Å². The van der Waals surface area contributed by atoms with Gasteiger partial charge < -0.3 is 0 Å². The molecule has 2 nitrogen and oxygen atoms in total. The van der Waals surface area contributed by atoms with Crippen LogP contribution in [0.4, 0.5) is 0 Å². The Kier molecular flexibility index (Phi) is 6.90. The highest BCUT2D eigenvalue weighted by molar-refractivity contribution is 6.24. The number of hydrogen-bond donors (Lipinski definition) is 0. The molecule has 0 bridgehead atoms. The topological polar surface area (TPSA) is 25.8 Å². The van der Waals surface area contributed by atoms with Crippen LogP contribution in [0.15, 0.2) is 194 Å². The Morgan fingerprint density at radius 2 is 0.500 bits per heavy atom. The van der Waals surface area contributed by atoms with Gasteiger partial charge in [-0.2, -0.15) is 0 Å². The van der Waals surface area contributed by atoms with Crippen LogP contribution in [0.2, 0.25) is 0 Å². The van der Waals surface area contributed by atoms with Crippen molar-refractivity contribution < 1.29 is 0 Å². The lowest BCUT2D eigenvalue weighted by molar-refractivity contribution is 1.49. The van der Waals surface area contributed by atoms with Gasteiger partial charge in [0.25, 0.3) is 0 Å². The molecule has 0 unspecified atom stereocenters. The molecule has 0 spiro atoms. The fourth-order valence-corrected chi connectivity index (χ4v) is 8.67. The first-order valence-electron chi connectivity index (χ1n) is 18.5. The van der Waals surface area contributed by atoms with Crippen molar-refractivity contribution in [1.29, 1.82) is 0 Å². The largest absolute Gasteiger partial charge is 0.248 e. The highest BCUT2D eigenvalue weighted by Crippen LogP contribution is 2.47. The average molecular weight is 685 g/mol. The van der Waals surface area contributed by atoms with Gasteiger partial charge in [0.2, 0.25) is 0 Å². The summed E-state index contributed by atoms with van der Waals surface area (Å²) < 4.78 is 0. The molecule has 0 radical (unpaired) electrons. The number of pyridine rings is 2. The van der Waals surface area contributed by atoms with Crippen LogP contribution >= 0.6 is 0 Å². The van der Waals surface area contributed by atoms with Crippen molar-refractivity contribution >= 4 is 65.2 Å². The van der Waals surface area contributed by atoms with Crippen LogP contribution in [0.5, 0.6) is 0 Å². The predicted octanol–water partition coefficient (Wildman–Crippen LogP) is 14.1. The molecule has 11 rings (SSSR count). The lowest BCUT2D eigenvalue weighted by atomic mass is 9.83. The van der Waals surface area contributed by atoms with Crippen molar-refractivity contribution in [3.63, 3.8) is 0 Å². The number of nitrogens with zero attached hydrogens (tertiary/aromatic N) is 2. The van der Waals surface area contributed by atoms with Gasteiger partial charge in [-0.25, -0.2) is 9.97 Å². The van der Waals surface area contributed by atoms with Gasteiger partial charge in [0.15, 0.2) is 0 Å². The van der Waals surface area contributed by atoms with Gasteiger partial charge in [0.1, 0.15) is 0 Å². The van der Waals surface area contributed by atoms with E-state index in [1.165, 1.54) is 66.1 Å². The van der Waals surface area contributed by atoms with Crippen molar-refractivity contribution in [2.24, 2.45) is 0 Å². The summed E-state index contributed by atoms with van der Waals surface area (Å²) in [5, 5.41) is 9.50. The lowest BCUT2D eigenvalue weighted by Crippen LogP contribution is -1.94. The fourth-order valence-electron chi connectivity index (χ4n) is 8.67. The highest BCUT2D eigenvalue weighted by atomic mass is 14.7. The number of rotatable bonds is 4. The maximum Gasteiger partial charge on any atom is 0.0715 e. The minimum atomic E-state index is 1.000. The molecule has 9 aromatic carbocycles. The Hall–Kier alpha value is -7.16. The molecule has 0 saturated carbocycles. The molecule has 0 amide bonds. The number of para-hydroxylation sites is 4. The molecule has 0 N–H and O–H groups in total. The maximum absolute atomic E-state index is 5.06. The number of hydrogen-bond acceptors (Lipinski definition) is 2. The van der Waals surface area contributed by atoms with E-state index in [0.29, 0.717) is 0 Å². The highest BCUT2D eigenvalue weighted by Gasteiger charge is 2.21. The van der Waals surface area contributed by atoms with Gasteiger partial charge >= 0.3 is 0 Å². The zero-order chi connectivity index (χ0) is 35.6. The first-order chi connectivity index (χ1) is 26.8. The molecule has 0 saturated heterocycles. The first-order valence-corrected chi connectivity index (χ1v) is 18.5. The van der Waals surface area contributed by atoms with E-state index in [1.807, 2.05) is 0 Å². The molecule has 0 aliphatic heterocycles. The molecule has 54 heavy (non-hydrogen) atoms. The summed E-state index contributed by atoms with van der Waals surface area (Å²) in [5.74, 6) is 0. The third-order valence-electron chi connectivity index (χ3n) is 11.0. The first kappa shape index (κ1) is 30.5. The molecule has 250 valence electrons. The standard InChI is InChI=1S/C52H32N2/c1-3-15-33(16-4-1)49-37-29-27-35(51-39-19-7-11-23-45(39)53-46-24-12-8-20-40(46)51)31-43(37)50(34-17-5-2-6-18-34)44-32-36(28-30-38(44)49)52-41-21-9-13-25-47(41)54-48-26-14-10-22-42(48)52/h1-32H. The Morgan fingerprint density at radius 1 is 0.204 bits per heavy atom. The molecular weight excluding hydrogens is 653 g/mol. The van der Waals surface area contributed by atoms with Crippen LogP contribution in [-0.4, -0.2) is 9.97 Å². The van der Waals surface area contributed by atoms with Gasteiger partial charge in [-0.1, -0.05) is 158 Å². The Bertz CT molecular complexity index is 2970. The van der Waals surface area contributed by atoms with Crippen LogP contribution in [0.3, 0.4) is 0 Å². The number of benzene rings is 9. The predicted molar refractivity (Wildman–Crippen MR) is 229 cm³/mol. The van der Waals surface area contributed by atoms with Gasteiger partial charge in [-0.3, -0.25) is 0 Å². The van der Waals surface area contributed by atoms with E-state index in [2.05, 4.69) is 194 Å². The Morgan fingerprint density at radius 3 is 0.870 bits per heavy atom. The van der Waals surface area contributed by atoms with E-state index < -0.39 is 0 Å². The number of aromatic nitrogens is 2. The molecule has 0 aliphatic rings. The summed E-state index contributed by atoms with van der Waals surface area (Å²) in [6.07, 6.45) is 0. The van der Waals surface area contributed by atoms with Crippen molar-refractivity contribution in [1.82, 2.24) is 9.97 Å². The smallest absolute Gasteiger partial charge is 0.0715 e. The zero-order valence-corrected chi connectivity index (χ0v) is 29.4. The number of fused-ring (bicyclic) bond motifs is 6. The second-order valence-electron chi connectivity index (χ2n) is 14.0.